The molecule has 3 aromatic heterocycles. The SMILES string of the molecule is Cc1c(C)n(CC[NH+](C)C)c2ncn3nc(-c4ccccc4)nc3c12. The van der Waals surface area contributed by atoms with Gasteiger partial charge in [0.1, 0.15) is 12.0 Å². The number of fused-ring (bicyclic) bond motifs is 3. The molecule has 0 unspecified atom stereocenters. The first-order valence-corrected chi connectivity index (χ1v) is 8.61. The fourth-order valence-corrected chi connectivity index (χ4v) is 3.25. The van der Waals surface area contributed by atoms with Crippen molar-refractivity contribution in [3.8, 4) is 11.4 Å². The Hall–Kier alpha value is -2.73. The second-order valence-electron chi connectivity index (χ2n) is 6.83. The van der Waals surface area contributed by atoms with Crippen molar-refractivity contribution in [3.63, 3.8) is 0 Å². The molecule has 0 saturated heterocycles. The molecule has 0 atom stereocenters. The Morgan fingerprint density at radius 3 is 2.52 bits per heavy atom. The second kappa shape index (κ2) is 5.97. The first kappa shape index (κ1) is 15.8. The minimum Gasteiger partial charge on any atom is -0.338 e. The van der Waals surface area contributed by atoms with Crippen LogP contribution in [0, 0.1) is 13.8 Å². The van der Waals surface area contributed by atoms with Gasteiger partial charge in [-0.05, 0) is 19.4 Å². The summed E-state index contributed by atoms with van der Waals surface area (Å²) in [5, 5.41) is 5.72. The van der Waals surface area contributed by atoms with Crippen LogP contribution in [0.25, 0.3) is 28.1 Å². The molecule has 4 rings (SSSR count). The molecular formula is C19H23N6+. The fraction of sp³-hybridized carbons (Fsp3) is 0.316. The molecule has 0 aliphatic carbocycles. The maximum absolute atomic E-state index is 4.81. The molecule has 0 spiro atoms. The molecule has 6 heteroatoms. The van der Waals surface area contributed by atoms with Crippen molar-refractivity contribution in [1.82, 2.24) is 24.1 Å². The van der Waals surface area contributed by atoms with Crippen LogP contribution in [0.4, 0.5) is 0 Å². The Morgan fingerprint density at radius 2 is 1.80 bits per heavy atom. The van der Waals surface area contributed by atoms with Crippen LogP contribution in [0.5, 0.6) is 0 Å². The average molecular weight is 335 g/mol. The van der Waals surface area contributed by atoms with Crippen molar-refractivity contribution in [3.05, 3.63) is 47.9 Å². The smallest absolute Gasteiger partial charge is 0.182 e. The van der Waals surface area contributed by atoms with E-state index in [9.17, 15) is 0 Å². The van der Waals surface area contributed by atoms with E-state index in [1.807, 2.05) is 30.3 Å². The van der Waals surface area contributed by atoms with Crippen LogP contribution in [0.3, 0.4) is 0 Å². The number of benzene rings is 1. The number of aryl methyl sites for hydroxylation is 1. The highest BCUT2D eigenvalue weighted by atomic mass is 15.3. The van der Waals surface area contributed by atoms with E-state index in [1.54, 1.807) is 10.8 Å². The Morgan fingerprint density at radius 1 is 1.04 bits per heavy atom. The Bertz CT molecular complexity index is 1040. The lowest BCUT2D eigenvalue weighted by atomic mass is 10.2. The van der Waals surface area contributed by atoms with Gasteiger partial charge in [0.2, 0.25) is 0 Å². The van der Waals surface area contributed by atoms with Crippen molar-refractivity contribution in [2.45, 2.75) is 20.4 Å². The van der Waals surface area contributed by atoms with E-state index in [-0.39, 0.29) is 0 Å². The Kier molecular flexibility index (Phi) is 3.77. The normalized spacial score (nSPS) is 11.9. The van der Waals surface area contributed by atoms with Gasteiger partial charge in [-0.2, -0.15) is 0 Å². The largest absolute Gasteiger partial charge is 0.338 e. The van der Waals surface area contributed by atoms with Gasteiger partial charge in [-0.1, -0.05) is 30.3 Å². The lowest BCUT2D eigenvalue weighted by Gasteiger charge is -2.10. The van der Waals surface area contributed by atoms with E-state index in [0.29, 0.717) is 0 Å². The molecule has 0 fully saturated rings. The summed E-state index contributed by atoms with van der Waals surface area (Å²) in [4.78, 5) is 10.9. The quantitative estimate of drug-likeness (QED) is 0.615. The summed E-state index contributed by atoms with van der Waals surface area (Å²) in [6.45, 7) is 6.31. The molecule has 4 aromatic rings. The lowest BCUT2D eigenvalue weighted by Crippen LogP contribution is -3.06. The third-order valence-electron chi connectivity index (χ3n) is 4.81. The zero-order valence-electron chi connectivity index (χ0n) is 15.1. The second-order valence-corrected chi connectivity index (χ2v) is 6.83. The van der Waals surface area contributed by atoms with Gasteiger partial charge in [-0.3, -0.25) is 0 Å². The molecule has 1 N–H and O–H groups in total. The van der Waals surface area contributed by atoms with E-state index in [0.717, 1.165) is 41.2 Å². The maximum atomic E-state index is 4.81. The molecule has 0 bridgehead atoms. The van der Waals surface area contributed by atoms with Gasteiger partial charge >= 0.3 is 0 Å². The van der Waals surface area contributed by atoms with E-state index in [2.05, 4.69) is 37.6 Å². The molecule has 0 aliphatic rings. The molecule has 25 heavy (non-hydrogen) atoms. The minimum atomic E-state index is 0.734. The van der Waals surface area contributed by atoms with Gasteiger partial charge in [0.25, 0.3) is 0 Å². The van der Waals surface area contributed by atoms with Crippen molar-refractivity contribution in [1.29, 1.82) is 0 Å². The first-order chi connectivity index (χ1) is 12.1. The molecule has 1 aromatic carbocycles. The number of quaternary nitrogens is 1. The third kappa shape index (κ3) is 2.59. The van der Waals surface area contributed by atoms with Gasteiger partial charge in [0, 0.05) is 11.3 Å². The average Bonchev–Trinajstić information content (AvgIpc) is 3.14. The Balaban J connectivity index is 1.92. The van der Waals surface area contributed by atoms with Crippen molar-refractivity contribution < 1.29 is 4.90 Å². The fourth-order valence-electron chi connectivity index (χ4n) is 3.25. The van der Waals surface area contributed by atoms with Crippen LogP contribution < -0.4 is 4.90 Å². The van der Waals surface area contributed by atoms with Crippen LogP contribution >= 0.6 is 0 Å². The van der Waals surface area contributed by atoms with E-state index in [4.69, 9.17) is 9.97 Å². The van der Waals surface area contributed by atoms with Gasteiger partial charge in [-0.15, -0.1) is 5.10 Å². The van der Waals surface area contributed by atoms with Crippen LogP contribution in [-0.2, 0) is 6.54 Å². The van der Waals surface area contributed by atoms with E-state index < -0.39 is 0 Å². The number of hydrogen-bond donors (Lipinski definition) is 1. The number of aromatic nitrogens is 5. The van der Waals surface area contributed by atoms with Crippen molar-refractivity contribution >= 4 is 16.7 Å². The summed E-state index contributed by atoms with van der Waals surface area (Å²) in [5.41, 5.74) is 5.37. The van der Waals surface area contributed by atoms with Crippen LogP contribution in [0.15, 0.2) is 36.7 Å². The van der Waals surface area contributed by atoms with Crippen molar-refractivity contribution in [2.75, 3.05) is 20.6 Å². The highest BCUT2D eigenvalue weighted by Gasteiger charge is 2.18. The zero-order valence-corrected chi connectivity index (χ0v) is 15.1. The summed E-state index contributed by atoms with van der Waals surface area (Å²) in [6.07, 6.45) is 1.77. The summed E-state index contributed by atoms with van der Waals surface area (Å²) < 4.78 is 4.09. The maximum Gasteiger partial charge on any atom is 0.182 e. The number of rotatable bonds is 4. The molecular weight excluding hydrogens is 312 g/mol. The zero-order chi connectivity index (χ0) is 17.6. The van der Waals surface area contributed by atoms with Crippen LogP contribution in [-0.4, -0.2) is 44.8 Å². The monoisotopic (exact) mass is 335 g/mol. The molecule has 0 amide bonds. The van der Waals surface area contributed by atoms with Crippen molar-refractivity contribution in [2.24, 2.45) is 0 Å². The van der Waals surface area contributed by atoms with Gasteiger partial charge in [0.15, 0.2) is 11.5 Å². The van der Waals surface area contributed by atoms with Crippen LogP contribution in [0.1, 0.15) is 11.3 Å². The summed E-state index contributed by atoms with van der Waals surface area (Å²) in [6, 6.07) is 10.1. The predicted molar refractivity (Wildman–Crippen MR) is 98.9 cm³/mol. The first-order valence-electron chi connectivity index (χ1n) is 8.61. The van der Waals surface area contributed by atoms with E-state index in [1.165, 1.54) is 16.2 Å². The molecule has 0 aliphatic heterocycles. The van der Waals surface area contributed by atoms with E-state index >= 15 is 0 Å². The lowest BCUT2D eigenvalue weighted by molar-refractivity contribution is -0.858. The summed E-state index contributed by atoms with van der Waals surface area (Å²) in [7, 11) is 4.34. The molecule has 0 saturated carbocycles. The minimum absolute atomic E-state index is 0.734. The predicted octanol–water partition coefficient (Wildman–Crippen LogP) is 1.51. The third-order valence-corrected chi connectivity index (χ3v) is 4.81. The number of nitrogens with zero attached hydrogens (tertiary/aromatic N) is 5. The Labute approximate surface area is 146 Å². The molecule has 3 heterocycles. The molecule has 128 valence electrons. The topological polar surface area (TPSA) is 52.5 Å². The van der Waals surface area contributed by atoms with Gasteiger partial charge in [-0.25, -0.2) is 14.5 Å². The number of nitrogens with one attached hydrogen (secondary N) is 1. The number of likely N-dealkylation sites (N-methyl/N-ethyl adjacent to an activating group) is 1. The summed E-state index contributed by atoms with van der Waals surface area (Å²) >= 11 is 0. The highest BCUT2D eigenvalue weighted by molar-refractivity contribution is 5.94. The van der Waals surface area contributed by atoms with Gasteiger partial charge in [0.05, 0.1) is 32.6 Å². The molecule has 6 nitrogen and oxygen atoms in total. The standard InChI is InChI=1S/C19H22N6/c1-13-14(2)24(11-10-23(3)4)18-16(13)19-21-17(22-25(19)12-20-18)15-8-6-5-7-9-15/h5-9,12H,10-11H2,1-4H3/p+1. The summed E-state index contributed by atoms with van der Waals surface area (Å²) in [5.74, 6) is 0.734. The van der Waals surface area contributed by atoms with Crippen LogP contribution in [0.2, 0.25) is 0 Å². The molecule has 0 radical (unpaired) electrons. The number of hydrogen-bond acceptors (Lipinski definition) is 3. The van der Waals surface area contributed by atoms with Gasteiger partial charge < -0.3 is 9.47 Å². The highest BCUT2D eigenvalue weighted by Crippen LogP contribution is 2.27.